The van der Waals surface area contributed by atoms with Gasteiger partial charge in [-0.3, -0.25) is 4.79 Å². The standard InChI is InChI=1S/C21H29N5O/c1-5-25-11-13-26(14-12-25)21(27)18-9-10-19(24-23-18)22-20-16(4)7-6-8-17(20)15(2)3/h6-10,15H,5,11-14H2,1-4H3,(H,22,24). The Morgan fingerprint density at radius 2 is 1.85 bits per heavy atom. The van der Waals surface area contributed by atoms with E-state index in [4.69, 9.17) is 0 Å². The van der Waals surface area contributed by atoms with Gasteiger partial charge in [-0.2, -0.15) is 0 Å². The van der Waals surface area contributed by atoms with Gasteiger partial charge >= 0.3 is 0 Å². The Morgan fingerprint density at radius 1 is 1.11 bits per heavy atom. The van der Waals surface area contributed by atoms with E-state index in [-0.39, 0.29) is 5.91 Å². The van der Waals surface area contributed by atoms with Crippen molar-refractivity contribution in [1.29, 1.82) is 0 Å². The fourth-order valence-electron chi connectivity index (χ4n) is 3.41. The number of anilines is 2. The number of carbonyl (C=O) groups excluding carboxylic acids is 1. The first-order valence-corrected chi connectivity index (χ1v) is 9.71. The predicted molar refractivity (Wildman–Crippen MR) is 109 cm³/mol. The highest BCUT2D eigenvalue weighted by Gasteiger charge is 2.22. The van der Waals surface area contributed by atoms with E-state index in [0.29, 0.717) is 17.4 Å². The highest BCUT2D eigenvalue weighted by Crippen LogP contribution is 2.29. The molecule has 1 aromatic heterocycles. The molecule has 1 saturated heterocycles. The van der Waals surface area contributed by atoms with Gasteiger partial charge in [0.1, 0.15) is 0 Å². The van der Waals surface area contributed by atoms with E-state index >= 15 is 0 Å². The van der Waals surface area contributed by atoms with Gasteiger partial charge in [0.05, 0.1) is 0 Å². The summed E-state index contributed by atoms with van der Waals surface area (Å²) in [5, 5.41) is 11.8. The number of nitrogens with zero attached hydrogens (tertiary/aromatic N) is 4. The lowest BCUT2D eigenvalue weighted by atomic mass is 9.98. The molecule has 27 heavy (non-hydrogen) atoms. The van der Waals surface area contributed by atoms with Crippen LogP contribution in [0.4, 0.5) is 11.5 Å². The van der Waals surface area contributed by atoms with Crippen molar-refractivity contribution in [2.75, 3.05) is 38.0 Å². The van der Waals surface area contributed by atoms with E-state index in [2.05, 4.69) is 66.3 Å². The molecule has 1 aromatic carbocycles. The third-order valence-electron chi connectivity index (χ3n) is 5.17. The van der Waals surface area contributed by atoms with E-state index < -0.39 is 0 Å². The van der Waals surface area contributed by atoms with Crippen molar-refractivity contribution in [2.45, 2.75) is 33.6 Å². The first-order valence-electron chi connectivity index (χ1n) is 9.71. The zero-order valence-electron chi connectivity index (χ0n) is 16.7. The molecule has 6 nitrogen and oxygen atoms in total. The molecule has 0 radical (unpaired) electrons. The maximum absolute atomic E-state index is 12.6. The van der Waals surface area contributed by atoms with Gasteiger partial charge in [-0.15, -0.1) is 10.2 Å². The molecule has 0 aliphatic carbocycles. The number of carbonyl (C=O) groups is 1. The van der Waals surface area contributed by atoms with Crippen molar-refractivity contribution in [3.63, 3.8) is 0 Å². The second kappa shape index (κ2) is 8.48. The molecule has 1 fully saturated rings. The number of piperazine rings is 1. The van der Waals surface area contributed by atoms with Crippen molar-refractivity contribution in [3.8, 4) is 0 Å². The molecule has 6 heteroatoms. The maximum atomic E-state index is 12.6. The van der Waals surface area contributed by atoms with Crippen LogP contribution in [0.5, 0.6) is 0 Å². The number of amides is 1. The summed E-state index contributed by atoms with van der Waals surface area (Å²) in [5.41, 5.74) is 3.87. The molecule has 0 unspecified atom stereocenters. The summed E-state index contributed by atoms with van der Waals surface area (Å²) < 4.78 is 0. The number of nitrogens with one attached hydrogen (secondary N) is 1. The Balaban J connectivity index is 1.70. The summed E-state index contributed by atoms with van der Waals surface area (Å²) in [6.45, 7) is 12.9. The Morgan fingerprint density at radius 3 is 2.44 bits per heavy atom. The molecule has 1 aliphatic heterocycles. The Hall–Kier alpha value is -2.47. The van der Waals surface area contributed by atoms with E-state index in [1.54, 1.807) is 6.07 Å². The summed E-state index contributed by atoms with van der Waals surface area (Å²) in [6.07, 6.45) is 0. The average molecular weight is 367 g/mol. The number of aromatic nitrogens is 2. The first kappa shape index (κ1) is 19.3. The lowest BCUT2D eigenvalue weighted by Crippen LogP contribution is -2.48. The van der Waals surface area contributed by atoms with Gasteiger partial charge in [-0.1, -0.05) is 39.0 Å². The largest absolute Gasteiger partial charge is 0.338 e. The number of para-hydroxylation sites is 1. The van der Waals surface area contributed by atoms with Crippen molar-refractivity contribution < 1.29 is 4.79 Å². The van der Waals surface area contributed by atoms with Crippen LogP contribution < -0.4 is 5.32 Å². The minimum absolute atomic E-state index is 0.0384. The summed E-state index contributed by atoms with van der Waals surface area (Å²) in [7, 11) is 0. The molecule has 0 atom stereocenters. The molecule has 1 aliphatic rings. The van der Waals surface area contributed by atoms with E-state index in [1.807, 2.05) is 11.0 Å². The highest BCUT2D eigenvalue weighted by atomic mass is 16.2. The van der Waals surface area contributed by atoms with Crippen molar-refractivity contribution in [1.82, 2.24) is 20.0 Å². The van der Waals surface area contributed by atoms with Crippen LogP contribution in [0, 0.1) is 6.92 Å². The monoisotopic (exact) mass is 367 g/mol. The number of benzene rings is 1. The fourth-order valence-corrected chi connectivity index (χ4v) is 3.41. The molecule has 0 bridgehead atoms. The van der Waals surface area contributed by atoms with Crippen LogP contribution in [-0.2, 0) is 0 Å². The van der Waals surface area contributed by atoms with Crippen LogP contribution >= 0.6 is 0 Å². The van der Waals surface area contributed by atoms with E-state index in [9.17, 15) is 4.79 Å². The molecule has 1 amide bonds. The Bertz CT molecular complexity index is 780. The minimum atomic E-state index is -0.0384. The SMILES string of the molecule is CCN1CCN(C(=O)c2ccc(Nc3c(C)cccc3C(C)C)nn2)CC1. The van der Waals surface area contributed by atoms with Crippen molar-refractivity contribution in [2.24, 2.45) is 0 Å². The molecular weight excluding hydrogens is 338 g/mol. The van der Waals surface area contributed by atoms with Crippen LogP contribution in [0.3, 0.4) is 0 Å². The normalized spacial score (nSPS) is 15.2. The second-order valence-corrected chi connectivity index (χ2v) is 7.35. The summed E-state index contributed by atoms with van der Waals surface area (Å²) in [6, 6.07) is 9.87. The second-order valence-electron chi connectivity index (χ2n) is 7.35. The zero-order chi connectivity index (χ0) is 19.4. The fraction of sp³-hybridized carbons (Fsp3) is 0.476. The van der Waals surface area contributed by atoms with Crippen molar-refractivity contribution >= 4 is 17.4 Å². The molecule has 1 N–H and O–H groups in total. The lowest BCUT2D eigenvalue weighted by Gasteiger charge is -2.33. The molecule has 144 valence electrons. The topological polar surface area (TPSA) is 61.4 Å². The third kappa shape index (κ3) is 4.45. The van der Waals surface area contributed by atoms with Crippen LogP contribution in [0.25, 0.3) is 0 Å². The van der Waals surface area contributed by atoms with Gasteiger partial charge in [0.2, 0.25) is 0 Å². The molecule has 0 saturated carbocycles. The Kier molecular flexibility index (Phi) is 6.06. The van der Waals surface area contributed by atoms with Gasteiger partial charge < -0.3 is 15.1 Å². The zero-order valence-corrected chi connectivity index (χ0v) is 16.7. The molecular formula is C21H29N5O. The predicted octanol–water partition coefficient (Wildman–Crippen LogP) is 3.43. The van der Waals surface area contributed by atoms with Crippen LogP contribution in [0.15, 0.2) is 30.3 Å². The van der Waals surface area contributed by atoms with Gasteiger partial charge in [-0.25, -0.2) is 0 Å². The number of hydrogen-bond donors (Lipinski definition) is 1. The summed E-state index contributed by atoms with van der Waals surface area (Å²) >= 11 is 0. The van der Waals surface area contributed by atoms with Crippen LogP contribution in [-0.4, -0.2) is 58.6 Å². The first-order chi connectivity index (χ1) is 13.0. The number of aryl methyl sites for hydroxylation is 1. The maximum Gasteiger partial charge on any atom is 0.274 e. The van der Waals surface area contributed by atoms with Crippen LogP contribution in [0.2, 0.25) is 0 Å². The van der Waals surface area contributed by atoms with Gasteiger partial charge in [0, 0.05) is 31.9 Å². The van der Waals surface area contributed by atoms with Gasteiger partial charge in [-0.05, 0) is 42.6 Å². The number of hydrogen-bond acceptors (Lipinski definition) is 5. The average Bonchev–Trinajstić information content (AvgIpc) is 2.69. The van der Waals surface area contributed by atoms with E-state index in [0.717, 1.165) is 44.0 Å². The third-order valence-corrected chi connectivity index (χ3v) is 5.17. The van der Waals surface area contributed by atoms with Gasteiger partial charge in [0.15, 0.2) is 11.5 Å². The lowest BCUT2D eigenvalue weighted by molar-refractivity contribution is 0.0636. The summed E-state index contributed by atoms with van der Waals surface area (Å²) in [4.78, 5) is 16.9. The molecule has 2 heterocycles. The minimum Gasteiger partial charge on any atom is -0.338 e. The van der Waals surface area contributed by atoms with Gasteiger partial charge in [0.25, 0.3) is 5.91 Å². The smallest absolute Gasteiger partial charge is 0.274 e. The molecule has 2 aromatic rings. The highest BCUT2D eigenvalue weighted by molar-refractivity contribution is 5.92. The van der Waals surface area contributed by atoms with Crippen molar-refractivity contribution in [3.05, 3.63) is 47.2 Å². The summed E-state index contributed by atoms with van der Waals surface area (Å²) in [5.74, 6) is 1.02. The number of rotatable bonds is 5. The Labute approximate surface area is 161 Å². The van der Waals surface area contributed by atoms with Crippen LogP contribution in [0.1, 0.15) is 48.3 Å². The number of likely N-dealkylation sites (N-methyl/N-ethyl adjacent to an activating group) is 1. The molecule has 3 rings (SSSR count). The quantitative estimate of drug-likeness (QED) is 0.877. The molecule has 0 spiro atoms. The van der Waals surface area contributed by atoms with E-state index in [1.165, 1.54) is 5.56 Å².